The smallest absolute Gasteiger partial charge is 0.303 e. The molecule has 0 aromatic heterocycles. The summed E-state index contributed by atoms with van der Waals surface area (Å²) in [4.78, 5) is 64.1. The zero-order valence-electron chi connectivity index (χ0n) is 35.8. The molecule has 2 heterocycles. The van der Waals surface area contributed by atoms with E-state index in [0.29, 0.717) is 36.9 Å². The van der Waals surface area contributed by atoms with Gasteiger partial charge in [0, 0.05) is 48.8 Å². The molecule has 6 aliphatic rings. The molecule has 63 heavy (non-hydrogen) atoms. The number of allylic oxidation sites excluding steroid dienone is 4. The highest BCUT2D eigenvalue weighted by molar-refractivity contribution is 6.01. The van der Waals surface area contributed by atoms with Crippen LogP contribution in [0.2, 0.25) is 0 Å². The van der Waals surface area contributed by atoms with Crippen LogP contribution < -0.4 is 5.73 Å². The number of hydrogen-bond donors (Lipinski definition) is 3. The van der Waals surface area contributed by atoms with E-state index in [4.69, 9.17) is 38.9 Å². The number of aliphatic hydroxyl groups excluding tert-OH is 2. The highest BCUT2D eigenvalue weighted by atomic mass is 19.1. The van der Waals surface area contributed by atoms with Gasteiger partial charge in [0.05, 0.1) is 12.2 Å². The minimum absolute atomic E-state index is 0.0713. The number of ketones is 2. The van der Waals surface area contributed by atoms with Crippen LogP contribution in [0.1, 0.15) is 83.3 Å². The Morgan fingerprint density at radius 1 is 0.937 bits per heavy atom. The number of aliphatic hydroxyl groups is 2. The maximum absolute atomic E-state index is 16.2. The molecule has 4 aliphatic carbocycles. The van der Waals surface area contributed by atoms with Crippen molar-refractivity contribution >= 4 is 35.2 Å². The van der Waals surface area contributed by atoms with Crippen molar-refractivity contribution in [2.45, 2.75) is 122 Å². The number of anilines is 1. The summed E-state index contributed by atoms with van der Waals surface area (Å²) in [6, 6.07) is 12.0. The molecule has 2 aromatic carbocycles. The van der Waals surface area contributed by atoms with Crippen LogP contribution in [0.3, 0.4) is 0 Å². The Morgan fingerprint density at radius 2 is 1.63 bits per heavy atom. The normalized spacial score (nSPS) is 37.7. The highest BCUT2D eigenvalue weighted by Gasteiger charge is 2.76. The number of fused-ring (bicyclic) bond motifs is 7. The summed E-state index contributed by atoms with van der Waals surface area (Å²) < 4.78 is 57.8. The highest BCUT2D eigenvalue weighted by Crippen LogP contribution is 2.70. The Balaban J connectivity index is 1.13. The molecule has 4 N–H and O–H groups in total. The van der Waals surface area contributed by atoms with E-state index in [9.17, 15) is 29.4 Å². The standard InChI is InChI=1S/C47H54FNO14/c1-23(50)57-21-36-40(56)41(59-24(2)51)42(60-25(3)52)44(61-36)58-22-37(55)47-38(62-43(63-47)32-12-8-27(17-34(32)48)16-26-6-10-29(49)11-7-26)19-33-31-13-9-28-18-30(53)14-15-45(28,4)39(31)35(54)20-46(33,47)5/h6-8,10-12,14-15,17-18,31,33,35-36,38-44,54,56H,9,13,16,19-22,49H2,1-5H3/t31-,33-,35-,36+,38+,39+,40+,41-,42+,43+,44+,45-,46-,47+/m0/s1. The molecule has 3 saturated carbocycles. The predicted octanol–water partition coefficient (Wildman–Crippen LogP) is 4.14. The van der Waals surface area contributed by atoms with Crippen molar-refractivity contribution in [2.24, 2.45) is 28.6 Å². The molecular weight excluding hydrogens is 822 g/mol. The van der Waals surface area contributed by atoms with Gasteiger partial charge in [-0.1, -0.05) is 49.8 Å². The van der Waals surface area contributed by atoms with Gasteiger partial charge >= 0.3 is 17.9 Å². The average Bonchev–Trinajstić information content (AvgIpc) is 3.71. The predicted molar refractivity (Wildman–Crippen MR) is 218 cm³/mol. The van der Waals surface area contributed by atoms with E-state index in [1.54, 1.807) is 36.4 Å². The van der Waals surface area contributed by atoms with Crippen LogP contribution in [0.5, 0.6) is 0 Å². The second-order valence-electron chi connectivity index (χ2n) is 18.3. The number of esters is 3. The molecule has 2 saturated heterocycles. The van der Waals surface area contributed by atoms with Crippen molar-refractivity contribution in [2.75, 3.05) is 18.9 Å². The molecule has 2 aromatic rings. The number of halogens is 1. The summed E-state index contributed by atoms with van der Waals surface area (Å²) in [5, 5.41) is 23.5. The number of carbonyl (C=O) groups excluding carboxylic acids is 5. The Labute approximate surface area is 364 Å². The van der Waals surface area contributed by atoms with Crippen molar-refractivity contribution in [1.29, 1.82) is 0 Å². The van der Waals surface area contributed by atoms with Crippen LogP contribution in [0.25, 0.3) is 0 Å². The minimum atomic E-state index is -1.82. The van der Waals surface area contributed by atoms with Crippen LogP contribution in [0, 0.1) is 34.4 Å². The van der Waals surface area contributed by atoms with Crippen molar-refractivity contribution in [3.05, 3.63) is 88.8 Å². The van der Waals surface area contributed by atoms with Gasteiger partial charge in [0.2, 0.25) is 0 Å². The molecule has 5 fully saturated rings. The SMILES string of the molecule is CC(=O)OC[C@H]1O[C@@H](OCC(=O)[C@@]23O[C@H](c4ccc(Cc5ccc(N)cc5)cc4F)O[C@@H]2C[C@H]2[C@@H]4CCC5=CC(=O)C=C[C@]5(C)[C@H]4[C@@H](O)C[C@@]23C)[C@H](OC(C)=O)[C@@H](OC(C)=O)[C@@H]1O. The fourth-order valence-corrected chi connectivity index (χ4v) is 11.7. The first kappa shape index (κ1) is 44.8. The van der Waals surface area contributed by atoms with E-state index < -0.39 is 108 Å². The second kappa shape index (κ2) is 16.9. The number of nitrogens with two attached hydrogens (primary N) is 1. The van der Waals surface area contributed by atoms with Gasteiger partial charge in [0.15, 0.2) is 42.0 Å². The molecule has 15 nitrogen and oxygen atoms in total. The van der Waals surface area contributed by atoms with Gasteiger partial charge in [0.25, 0.3) is 0 Å². The van der Waals surface area contributed by atoms with Crippen molar-refractivity contribution in [3.8, 4) is 0 Å². The molecule has 0 amide bonds. The summed E-state index contributed by atoms with van der Waals surface area (Å²) in [6.07, 6.45) is -3.80. The largest absolute Gasteiger partial charge is 0.463 e. The quantitative estimate of drug-likeness (QED) is 0.164. The Hall–Kier alpha value is -4.84. The number of benzene rings is 2. The second-order valence-corrected chi connectivity index (χ2v) is 18.3. The molecule has 2 aliphatic heterocycles. The van der Waals surface area contributed by atoms with Gasteiger partial charge in [-0.2, -0.15) is 0 Å². The molecule has 16 heteroatoms. The third-order valence-electron chi connectivity index (χ3n) is 14.4. The van der Waals surface area contributed by atoms with E-state index in [1.165, 1.54) is 6.07 Å². The molecule has 8 rings (SSSR count). The summed E-state index contributed by atoms with van der Waals surface area (Å²) in [7, 11) is 0. The average molecular weight is 876 g/mol. The third kappa shape index (κ3) is 7.92. The molecular formula is C47H54FNO14. The number of carbonyl (C=O) groups is 5. The van der Waals surface area contributed by atoms with E-state index in [2.05, 4.69) is 0 Å². The van der Waals surface area contributed by atoms with Crippen LogP contribution in [-0.2, 0) is 63.6 Å². The summed E-state index contributed by atoms with van der Waals surface area (Å²) in [5.74, 6) is -4.36. The van der Waals surface area contributed by atoms with Gasteiger partial charge in [-0.15, -0.1) is 0 Å². The fraction of sp³-hybridized carbons (Fsp3) is 0.553. The molecule has 0 radical (unpaired) electrons. The maximum atomic E-state index is 16.2. The van der Waals surface area contributed by atoms with Crippen molar-refractivity contribution in [3.63, 3.8) is 0 Å². The van der Waals surface area contributed by atoms with E-state index in [0.717, 1.165) is 31.9 Å². The van der Waals surface area contributed by atoms with Gasteiger partial charge in [-0.05, 0) is 85.4 Å². The first-order valence-corrected chi connectivity index (χ1v) is 21.4. The van der Waals surface area contributed by atoms with Gasteiger partial charge in [-0.25, -0.2) is 4.39 Å². The lowest BCUT2D eigenvalue weighted by molar-refractivity contribution is -0.305. The molecule has 338 valence electrons. The van der Waals surface area contributed by atoms with Crippen LogP contribution in [-0.4, -0.2) is 101 Å². The van der Waals surface area contributed by atoms with Crippen molar-refractivity contribution in [1.82, 2.24) is 0 Å². The van der Waals surface area contributed by atoms with Crippen LogP contribution >= 0.6 is 0 Å². The molecule has 0 spiro atoms. The monoisotopic (exact) mass is 875 g/mol. The van der Waals surface area contributed by atoms with Gasteiger partial charge < -0.3 is 49.1 Å². The summed E-state index contributed by atoms with van der Waals surface area (Å²) in [6.45, 7) is 6.00. The summed E-state index contributed by atoms with van der Waals surface area (Å²) in [5.41, 5.74) is 5.56. The topological polar surface area (TPSA) is 216 Å². The van der Waals surface area contributed by atoms with Crippen molar-refractivity contribution < 1.29 is 71.7 Å². The number of ether oxygens (including phenoxy) is 7. The van der Waals surface area contributed by atoms with E-state index in [-0.39, 0.29) is 35.5 Å². The minimum Gasteiger partial charge on any atom is -0.463 e. The van der Waals surface area contributed by atoms with Crippen LogP contribution in [0.15, 0.2) is 66.3 Å². The van der Waals surface area contributed by atoms with Gasteiger partial charge in [0.1, 0.15) is 31.2 Å². The Bertz CT molecular complexity index is 2230. The zero-order valence-corrected chi connectivity index (χ0v) is 35.8. The van der Waals surface area contributed by atoms with E-state index in [1.807, 2.05) is 32.1 Å². The van der Waals surface area contributed by atoms with E-state index >= 15 is 9.18 Å². The molecule has 14 atom stereocenters. The number of nitrogen functional groups attached to an aromatic ring is 1. The maximum Gasteiger partial charge on any atom is 0.303 e. The molecule has 0 unspecified atom stereocenters. The lowest BCUT2D eigenvalue weighted by atomic mass is 9.46. The molecule has 0 bridgehead atoms. The summed E-state index contributed by atoms with van der Waals surface area (Å²) >= 11 is 0. The van der Waals surface area contributed by atoms with Gasteiger partial charge in [-0.3, -0.25) is 24.0 Å². The number of hydrogen-bond acceptors (Lipinski definition) is 15. The Kier molecular flexibility index (Phi) is 12.0. The lowest BCUT2D eigenvalue weighted by Crippen LogP contribution is -2.64. The first-order valence-electron chi connectivity index (χ1n) is 21.4. The number of Topliss-reactive ketones (excluding diaryl/α,β-unsaturated/α-hetero) is 1. The zero-order chi connectivity index (χ0) is 45.2. The third-order valence-corrected chi connectivity index (χ3v) is 14.4. The Morgan fingerprint density at radius 3 is 2.32 bits per heavy atom. The fourth-order valence-electron chi connectivity index (χ4n) is 11.7. The van der Waals surface area contributed by atoms with Crippen LogP contribution in [0.4, 0.5) is 10.1 Å². The first-order chi connectivity index (χ1) is 29.8. The lowest BCUT2D eigenvalue weighted by Gasteiger charge is -2.59. The number of rotatable bonds is 11.